The van der Waals surface area contributed by atoms with E-state index in [9.17, 15) is 4.79 Å². The number of nitrogens with zero attached hydrogens (tertiary/aromatic N) is 1. The Labute approximate surface area is 64.1 Å². The van der Waals surface area contributed by atoms with Crippen molar-refractivity contribution in [3.8, 4) is 0 Å². The van der Waals surface area contributed by atoms with Crippen LogP contribution in [0.15, 0.2) is 35.2 Å². The molecule has 0 spiro atoms. The van der Waals surface area contributed by atoms with E-state index >= 15 is 0 Å². The van der Waals surface area contributed by atoms with Gasteiger partial charge in [0.15, 0.2) is 0 Å². The molecule has 0 saturated carbocycles. The van der Waals surface area contributed by atoms with Crippen LogP contribution in [0.1, 0.15) is 1.37 Å². The predicted octanol–water partition coefficient (Wildman–Crippen LogP) is 0.923. The molecule has 1 aromatic carbocycles. The van der Waals surface area contributed by atoms with Gasteiger partial charge in [-0.05, 0) is 6.07 Å². The first-order chi connectivity index (χ1) is 5.77. The third-order valence-electron chi connectivity index (χ3n) is 1.45. The topological polar surface area (TPSA) is 45.8 Å². The first kappa shape index (κ1) is 5.07. The molecule has 1 heterocycles. The smallest absolute Gasteiger partial charge is 0.305 e. The molecular formula is C8H6N2O. The number of hydrogen-bond acceptors (Lipinski definition) is 2. The van der Waals surface area contributed by atoms with Crippen LogP contribution in [0.4, 0.5) is 0 Å². The molecule has 0 amide bonds. The lowest BCUT2D eigenvalue weighted by Crippen LogP contribution is -2.07. The highest BCUT2D eigenvalue weighted by molar-refractivity contribution is 5.76. The average molecular weight is 147 g/mol. The maximum Gasteiger partial charge on any atom is 0.345 e. The number of rotatable bonds is 0. The molecule has 2 aromatic rings. The number of benzene rings is 1. The second-order valence-electron chi connectivity index (χ2n) is 2.20. The Kier molecular flexibility index (Phi) is 1.01. The van der Waals surface area contributed by atoms with Crippen LogP contribution < -0.4 is 5.69 Å². The Morgan fingerprint density at radius 2 is 2.27 bits per heavy atom. The molecule has 0 aliphatic carbocycles. The van der Waals surface area contributed by atoms with Gasteiger partial charge in [-0.3, -0.25) is 0 Å². The Morgan fingerprint density at radius 1 is 1.45 bits per heavy atom. The minimum Gasteiger partial charge on any atom is -0.305 e. The summed E-state index contributed by atoms with van der Waals surface area (Å²) in [5.74, 6) is 0. The molecule has 0 radical (unpaired) electrons. The summed E-state index contributed by atoms with van der Waals surface area (Å²) in [6.45, 7) is 0. The lowest BCUT2D eigenvalue weighted by molar-refractivity contribution is 1.12. The molecule has 2 rings (SSSR count). The fourth-order valence-electron chi connectivity index (χ4n) is 0.944. The van der Waals surface area contributed by atoms with Crippen molar-refractivity contribution in [2.45, 2.75) is 0 Å². The summed E-state index contributed by atoms with van der Waals surface area (Å²) >= 11 is 0. The molecule has 0 fully saturated rings. The number of aromatic nitrogens is 2. The van der Waals surface area contributed by atoms with Crippen LogP contribution in [-0.2, 0) is 0 Å². The van der Waals surface area contributed by atoms with E-state index in [0.717, 1.165) is 0 Å². The molecule has 0 bridgehead atoms. The number of para-hydroxylation sites is 1. The monoisotopic (exact) mass is 147 g/mol. The Balaban J connectivity index is 2.99. The Hall–Kier alpha value is -1.64. The van der Waals surface area contributed by atoms with Gasteiger partial charge in [-0.15, -0.1) is 0 Å². The summed E-state index contributed by atoms with van der Waals surface area (Å²) in [5, 5.41) is 0.664. The quantitative estimate of drug-likeness (QED) is 0.602. The number of nitrogens with one attached hydrogen (secondary N) is 1. The summed E-state index contributed by atoms with van der Waals surface area (Å²) in [6, 6.07) is 7.11. The van der Waals surface area contributed by atoms with E-state index < -0.39 is 5.69 Å². The van der Waals surface area contributed by atoms with Crippen molar-refractivity contribution < 1.29 is 1.37 Å². The zero-order chi connectivity index (χ0) is 8.55. The fourth-order valence-corrected chi connectivity index (χ4v) is 0.944. The third kappa shape index (κ3) is 1.00. The molecule has 1 N–H and O–H groups in total. The molecular weight excluding hydrogens is 140 g/mol. The van der Waals surface area contributed by atoms with Crippen molar-refractivity contribution in [3.05, 3.63) is 40.9 Å². The molecule has 3 heteroatoms. The molecule has 0 aliphatic heterocycles. The highest BCUT2D eigenvalue weighted by atomic mass is 16.1. The minimum atomic E-state index is -0.473. The highest BCUT2D eigenvalue weighted by Gasteiger charge is 1.90. The van der Waals surface area contributed by atoms with Gasteiger partial charge < -0.3 is 4.98 Å². The molecule has 0 atom stereocenters. The van der Waals surface area contributed by atoms with Crippen LogP contribution in [0.5, 0.6) is 0 Å². The Morgan fingerprint density at radius 3 is 3.18 bits per heavy atom. The minimum absolute atomic E-state index is 0.0225. The van der Waals surface area contributed by atoms with Crippen molar-refractivity contribution in [3.63, 3.8) is 0 Å². The van der Waals surface area contributed by atoms with E-state index in [2.05, 4.69) is 9.97 Å². The van der Waals surface area contributed by atoms with Crippen LogP contribution in [0.2, 0.25) is 0 Å². The zero-order valence-electron chi connectivity index (χ0n) is 6.66. The number of aromatic amines is 1. The number of fused-ring (bicyclic) bond motifs is 1. The zero-order valence-corrected chi connectivity index (χ0v) is 5.66. The van der Waals surface area contributed by atoms with Crippen molar-refractivity contribution >= 4 is 10.9 Å². The van der Waals surface area contributed by atoms with Crippen LogP contribution in [0, 0.1) is 0 Å². The molecule has 54 valence electrons. The van der Waals surface area contributed by atoms with Crippen molar-refractivity contribution in [1.82, 2.24) is 9.97 Å². The van der Waals surface area contributed by atoms with Crippen LogP contribution in [-0.4, -0.2) is 9.97 Å². The molecule has 0 saturated heterocycles. The molecule has 3 nitrogen and oxygen atoms in total. The highest BCUT2D eigenvalue weighted by Crippen LogP contribution is 2.05. The van der Waals surface area contributed by atoms with Crippen LogP contribution >= 0.6 is 0 Å². The lowest BCUT2D eigenvalue weighted by atomic mass is 10.2. The predicted molar refractivity (Wildman–Crippen MR) is 42.4 cm³/mol. The van der Waals surface area contributed by atoms with Gasteiger partial charge >= 0.3 is 5.69 Å². The fraction of sp³-hybridized carbons (Fsp3) is 0. The number of H-pyrrole nitrogens is 1. The summed E-state index contributed by atoms with van der Waals surface area (Å²) in [5.41, 5.74) is 0.182. The van der Waals surface area contributed by atoms with Gasteiger partial charge in [-0.25, -0.2) is 9.78 Å². The van der Waals surface area contributed by atoms with E-state index in [1.54, 1.807) is 24.3 Å². The van der Waals surface area contributed by atoms with Gasteiger partial charge in [0.05, 0.1) is 6.89 Å². The van der Waals surface area contributed by atoms with Crippen molar-refractivity contribution in [2.75, 3.05) is 0 Å². The van der Waals surface area contributed by atoms with E-state index in [4.69, 9.17) is 1.37 Å². The standard InChI is InChI=1S/C8H6N2O/c11-8-9-5-6-3-1-2-4-7(6)10-8/h1-5H,(H,9,10,11)/i5D. The second kappa shape index (κ2) is 2.20. The summed E-state index contributed by atoms with van der Waals surface area (Å²) in [4.78, 5) is 16.8. The lowest BCUT2D eigenvalue weighted by Gasteiger charge is -1.92. The van der Waals surface area contributed by atoms with E-state index in [1.807, 2.05) is 0 Å². The van der Waals surface area contributed by atoms with Crippen LogP contribution in [0.25, 0.3) is 10.9 Å². The molecule has 11 heavy (non-hydrogen) atoms. The maximum absolute atomic E-state index is 10.8. The summed E-state index contributed by atoms with van der Waals surface area (Å²) < 4.78 is 7.37. The van der Waals surface area contributed by atoms with Gasteiger partial charge in [-0.2, -0.15) is 0 Å². The van der Waals surface area contributed by atoms with Crippen molar-refractivity contribution in [2.24, 2.45) is 0 Å². The third-order valence-corrected chi connectivity index (χ3v) is 1.45. The SMILES string of the molecule is [2H]c1nc(=O)[nH]c2ccccc12. The van der Waals surface area contributed by atoms with E-state index in [0.29, 0.717) is 10.9 Å². The maximum atomic E-state index is 10.8. The number of hydrogen-bond donors (Lipinski definition) is 1. The van der Waals surface area contributed by atoms with Gasteiger partial charge in [-0.1, -0.05) is 18.2 Å². The van der Waals surface area contributed by atoms with Crippen LogP contribution in [0.3, 0.4) is 0 Å². The van der Waals surface area contributed by atoms with Gasteiger partial charge in [0.2, 0.25) is 0 Å². The first-order valence-electron chi connectivity index (χ1n) is 3.73. The summed E-state index contributed by atoms with van der Waals surface area (Å²) in [6.07, 6.45) is 0.0225. The van der Waals surface area contributed by atoms with Gasteiger partial charge in [0.1, 0.15) is 0 Å². The first-order valence-corrected chi connectivity index (χ1v) is 3.23. The van der Waals surface area contributed by atoms with E-state index in [1.165, 1.54) is 0 Å². The largest absolute Gasteiger partial charge is 0.345 e. The van der Waals surface area contributed by atoms with Crippen molar-refractivity contribution in [1.29, 1.82) is 0 Å². The van der Waals surface area contributed by atoms with Gasteiger partial charge in [0, 0.05) is 11.6 Å². The molecule has 1 aromatic heterocycles. The molecule has 0 unspecified atom stereocenters. The summed E-state index contributed by atoms with van der Waals surface area (Å²) in [7, 11) is 0. The molecule has 0 aliphatic rings. The van der Waals surface area contributed by atoms with Gasteiger partial charge in [0.25, 0.3) is 0 Å². The Bertz CT molecular complexity index is 478. The second-order valence-corrected chi connectivity index (χ2v) is 2.20. The average Bonchev–Trinajstić information content (AvgIpc) is 2.04. The normalized spacial score (nSPS) is 11.5. The van der Waals surface area contributed by atoms with E-state index in [-0.39, 0.29) is 6.17 Å².